The quantitative estimate of drug-likeness (QED) is 0.189. The number of likely N-dealkylation sites (N-methyl/N-ethyl adjacent to an activating group) is 8. The lowest BCUT2D eigenvalue weighted by atomic mass is 9.84. The predicted octanol–water partition coefficient (Wildman–Crippen LogP) is 5.69. The van der Waals surface area contributed by atoms with Crippen LogP contribution in [0.5, 0.6) is 0 Å². The summed E-state index contributed by atoms with van der Waals surface area (Å²) < 4.78 is 71.0. The molecule has 13 amide bonds. The van der Waals surface area contributed by atoms with Crippen molar-refractivity contribution in [2.45, 2.75) is 225 Å². The topological polar surface area (TPSA) is 290 Å². The molecule has 3 heterocycles. The van der Waals surface area contributed by atoms with Gasteiger partial charge < -0.3 is 64.9 Å². The van der Waals surface area contributed by atoms with Crippen molar-refractivity contribution in [2.24, 2.45) is 29.6 Å². The third-order valence-corrected chi connectivity index (χ3v) is 21.7. The van der Waals surface area contributed by atoms with Gasteiger partial charge >= 0.3 is 6.18 Å². The molecule has 1 saturated carbocycles. The SMILES string of the molecule is CC[C@H](C)[C@@H]1NC(=O)[C@H](CC(C)C)N(C)C(=O)C[C@@H](C(=O)N2CCCCC2)N(C)C(=O)[C@H](C(C)C)N(C)C(=O)[C@H](C(C)C)NC(=O)[C@H](CC(=O)N2CCC(F)(F)CC2)N(C)C(=O)[C@H](CCc2ccc(C(F)(F)F)c(Cl)c2)NC(=O)CN(C)C(=O)[C@H](CC2CCCCC2)N(C)C(=O)CN(C)C(=O)CN(C)C1=O. The van der Waals surface area contributed by atoms with E-state index in [9.17, 15) is 65.1 Å². The van der Waals surface area contributed by atoms with Crippen molar-refractivity contribution < 1.29 is 84.3 Å². The highest BCUT2D eigenvalue weighted by atomic mass is 35.5. The van der Waals surface area contributed by atoms with E-state index in [2.05, 4.69) is 16.0 Å². The fourth-order valence-electron chi connectivity index (χ4n) is 14.3. The zero-order chi connectivity index (χ0) is 79.7. The van der Waals surface area contributed by atoms with Gasteiger partial charge in [0, 0.05) is 95.4 Å². The molecule has 9 atom stereocenters. The molecule has 3 saturated heterocycles. The van der Waals surface area contributed by atoms with Gasteiger partial charge in [0.15, 0.2) is 0 Å². The van der Waals surface area contributed by atoms with E-state index in [1.165, 1.54) is 59.1 Å². The van der Waals surface area contributed by atoms with Gasteiger partial charge in [-0.3, -0.25) is 62.3 Å². The van der Waals surface area contributed by atoms with Gasteiger partial charge in [0.1, 0.15) is 48.3 Å². The molecular formula is C74H115ClF5N13O13. The van der Waals surface area contributed by atoms with Crippen LogP contribution in [0, 0.1) is 29.6 Å². The zero-order valence-electron chi connectivity index (χ0n) is 64.8. The van der Waals surface area contributed by atoms with E-state index in [1.807, 2.05) is 13.8 Å². The molecule has 0 bridgehead atoms. The first-order valence-electron chi connectivity index (χ1n) is 37.2. The smallest absolute Gasteiger partial charge is 0.343 e. The molecule has 4 aliphatic rings. The summed E-state index contributed by atoms with van der Waals surface area (Å²) in [6.45, 7) is 11.4. The minimum Gasteiger partial charge on any atom is -0.343 e. The molecule has 1 aromatic rings. The molecule has 106 heavy (non-hydrogen) atoms. The number of halogens is 6. The first-order chi connectivity index (χ1) is 49.4. The first kappa shape index (κ1) is 88.9. The van der Waals surface area contributed by atoms with Crippen molar-refractivity contribution in [3.05, 3.63) is 34.3 Å². The Kier molecular flexibility index (Phi) is 33.0. The second kappa shape index (κ2) is 39.4. The van der Waals surface area contributed by atoms with E-state index in [0.717, 1.165) is 85.2 Å². The molecule has 26 nitrogen and oxygen atoms in total. The van der Waals surface area contributed by atoms with Crippen molar-refractivity contribution in [2.75, 3.05) is 102 Å². The lowest BCUT2D eigenvalue weighted by Crippen LogP contribution is -2.62. The number of hydrogen-bond acceptors (Lipinski definition) is 13. The van der Waals surface area contributed by atoms with Crippen LogP contribution in [-0.4, -0.2) is 282 Å². The average Bonchev–Trinajstić information content (AvgIpc) is 0.807. The number of alkyl halides is 5. The Morgan fingerprint density at radius 3 is 1.69 bits per heavy atom. The van der Waals surface area contributed by atoms with E-state index < -0.39 is 230 Å². The Labute approximate surface area is 626 Å². The Morgan fingerprint density at radius 1 is 0.575 bits per heavy atom. The molecule has 5 rings (SSSR count). The zero-order valence-corrected chi connectivity index (χ0v) is 65.5. The standard InChI is InChI=1S/C74H115ClF5N13O13/c1-17-47(8)63-70(104)86(11)42-60(97)84(9)43-61(98)88(13)55(38-48-24-20-18-21-25-48)68(102)85(10)41-57(94)81-52(29-27-49-26-28-50(51(75)37-49)74(78,79)80)67(101)89(14)54(39-59(96)92-34-30-73(76,77)31-35-92)66(100)82-62(45(4)5)71(105)91(16)64(46(6)7)72(106)90(15)56(69(103)93-32-22-19-23-33-93)40-58(95)87(12)53(36-44(2)3)65(99)83-63/h26,28,37,44-48,52-56,62-64H,17-25,27,29-36,38-43H2,1-16H3,(H,81,94)(H,82,100)(H,83,99)/t47-,52-,53-,54-,55-,56-,62-,63-,64-/m0/s1. The number of likely N-dealkylation sites (tertiary alicyclic amines) is 2. The highest BCUT2D eigenvalue weighted by molar-refractivity contribution is 6.31. The molecule has 1 aromatic carbocycles. The van der Waals surface area contributed by atoms with Gasteiger partial charge in [-0.1, -0.05) is 112 Å². The van der Waals surface area contributed by atoms with Gasteiger partial charge in [0.25, 0.3) is 5.92 Å². The summed E-state index contributed by atoms with van der Waals surface area (Å²) in [6, 6.07) is -8.98. The number of piperidine rings is 2. The second-order valence-electron chi connectivity index (χ2n) is 30.7. The van der Waals surface area contributed by atoms with Crippen LogP contribution in [0.25, 0.3) is 0 Å². The number of rotatable bonds is 14. The molecule has 0 spiro atoms. The van der Waals surface area contributed by atoms with Crippen LogP contribution < -0.4 is 16.0 Å². The van der Waals surface area contributed by atoms with Crippen molar-refractivity contribution in [3.8, 4) is 0 Å². The van der Waals surface area contributed by atoms with E-state index in [-0.39, 0.29) is 36.7 Å². The highest BCUT2D eigenvalue weighted by Crippen LogP contribution is 2.36. The van der Waals surface area contributed by atoms with Crippen LogP contribution in [0.2, 0.25) is 5.02 Å². The Hall–Kier alpha value is -7.73. The van der Waals surface area contributed by atoms with E-state index >= 15 is 19.2 Å². The fraction of sp³-hybridized carbons (Fsp3) is 0.743. The van der Waals surface area contributed by atoms with Crippen LogP contribution in [0.4, 0.5) is 22.0 Å². The number of benzene rings is 1. The molecule has 32 heteroatoms. The summed E-state index contributed by atoms with van der Waals surface area (Å²) in [7, 11) is 10.5. The summed E-state index contributed by atoms with van der Waals surface area (Å²) in [4.78, 5) is 204. The van der Waals surface area contributed by atoms with Crippen molar-refractivity contribution in [3.63, 3.8) is 0 Å². The van der Waals surface area contributed by atoms with Gasteiger partial charge in [-0.05, 0) is 92.2 Å². The summed E-state index contributed by atoms with van der Waals surface area (Å²) in [5, 5.41) is 7.49. The summed E-state index contributed by atoms with van der Waals surface area (Å²) in [5.41, 5.74) is -0.995. The lowest BCUT2D eigenvalue weighted by molar-refractivity contribution is -0.155. The molecule has 3 N–H and O–H groups in total. The Bertz CT molecular complexity index is 3290. The Morgan fingerprint density at radius 2 is 1.13 bits per heavy atom. The molecule has 0 radical (unpaired) electrons. The van der Waals surface area contributed by atoms with Crippen LogP contribution in [0.3, 0.4) is 0 Å². The third-order valence-electron chi connectivity index (χ3n) is 21.4. The average molecular weight is 1530 g/mol. The molecule has 0 aromatic heterocycles. The number of nitrogens with one attached hydrogen (secondary N) is 3. The fourth-order valence-corrected chi connectivity index (χ4v) is 14.6. The minimum atomic E-state index is -4.85. The highest BCUT2D eigenvalue weighted by Gasteiger charge is 2.46. The molecule has 596 valence electrons. The molecule has 4 fully saturated rings. The van der Waals surface area contributed by atoms with E-state index in [0.29, 0.717) is 45.2 Å². The molecule has 3 aliphatic heterocycles. The lowest BCUT2D eigenvalue weighted by Gasteiger charge is -2.40. The van der Waals surface area contributed by atoms with E-state index in [4.69, 9.17) is 11.6 Å². The van der Waals surface area contributed by atoms with Crippen LogP contribution in [0.15, 0.2) is 18.2 Å². The van der Waals surface area contributed by atoms with Crippen LogP contribution >= 0.6 is 11.6 Å². The van der Waals surface area contributed by atoms with Crippen LogP contribution in [-0.2, 0) is 74.9 Å². The number of hydrogen-bond donors (Lipinski definition) is 3. The molecular weight excluding hydrogens is 1410 g/mol. The largest absolute Gasteiger partial charge is 0.417 e. The number of aryl methyl sites for hydroxylation is 1. The second-order valence-corrected chi connectivity index (χ2v) is 31.1. The Balaban J connectivity index is 1.68. The maximum absolute atomic E-state index is 15.4. The van der Waals surface area contributed by atoms with Crippen molar-refractivity contribution >= 4 is 88.4 Å². The van der Waals surface area contributed by atoms with E-state index in [1.54, 1.807) is 46.4 Å². The summed E-state index contributed by atoms with van der Waals surface area (Å²) in [5.74, 6) is -16.0. The minimum absolute atomic E-state index is 0.0555. The van der Waals surface area contributed by atoms with Gasteiger partial charge in [0.2, 0.25) is 76.8 Å². The predicted molar refractivity (Wildman–Crippen MR) is 386 cm³/mol. The van der Waals surface area contributed by atoms with Gasteiger partial charge in [-0.15, -0.1) is 0 Å². The first-order valence-corrected chi connectivity index (χ1v) is 37.6. The maximum Gasteiger partial charge on any atom is 0.417 e. The number of nitrogens with zero attached hydrogens (tertiary/aromatic N) is 10. The van der Waals surface area contributed by atoms with Crippen molar-refractivity contribution in [1.29, 1.82) is 0 Å². The van der Waals surface area contributed by atoms with Crippen LogP contribution in [0.1, 0.15) is 169 Å². The molecule has 0 unspecified atom stereocenters. The van der Waals surface area contributed by atoms with Gasteiger partial charge in [0.05, 0.1) is 43.1 Å². The summed E-state index contributed by atoms with van der Waals surface area (Å²) >= 11 is 6.14. The maximum atomic E-state index is 15.4. The van der Waals surface area contributed by atoms with Gasteiger partial charge in [-0.25, -0.2) is 8.78 Å². The normalized spacial score (nSPS) is 25.6. The summed E-state index contributed by atoms with van der Waals surface area (Å²) in [6.07, 6.45) is -1.82. The van der Waals surface area contributed by atoms with Gasteiger partial charge in [-0.2, -0.15) is 13.2 Å². The molecule has 1 aliphatic carbocycles. The third kappa shape index (κ3) is 24.1. The number of carbonyl (C=O) groups excluding carboxylic acids is 13. The van der Waals surface area contributed by atoms with Crippen molar-refractivity contribution in [1.82, 2.24) is 64.9 Å². The number of carbonyl (C=O) groups is 13. The number of amides is 13. The monoisotopic (exact) mass is 1520 g/mol.